The third-order valence-corrected chi connectivity index (χ3v) is 7.50. The summed E-state index contributed by atoms with van der Waals surface area (Å²) in [4.78, 5) is 33.2. The van der Waals surface area contributed by atoms with Crippen LogP contribution in [0.4, 0.5) is 4.39 Å². The van der Waals surface area contributed by atoms with Crippen LogP contribution in [0.2, 0.25) is 0 Å². The van der Waals surface area contributed by atoms with Crippen LogP contribution in [-0.4, -0.2) is 29.1 Å². The van der Waals surface area contributed by atoms with Gasteiger partial charge in [0, 0.05) is 17.8 Å². The van der Waals surface area contributed by atoms with E-state index in [0.717, 1.165) is 16.7 Å². The van der Waals surface area contributed by atoms with Crippen LogP contribution in [0.1, 0.15) is 36.1 Å². The maximum atomic E-state index is 13.6. The second-order valence-corrected chi connectivity index (χ2v) is 10.1. The number of esters is 1. The van der Waals surface area contributed by atoms with Gasteiger partial charge in [-0.3, -0.25) is 4.79 Å². The Hall–Kier alpha value is -4.37. The second-order valence-electron chi connectivity index (χ2n) is 9.28. The van der Waals surface area contributed by atoms with Crippen molar-refractivity contribution in [3.63, 3.8) is 0 Å². The highest BCUT2D eigenvalue weighted by Gasteiger charge is 2.42. The molecular weight excluding hydrogens is 529 g/mol. The fraction of sp³-hybridized carbons (Fsp3) is 0.194. The molecule has 5 rings (SSSR count). The van der Waals surface area contributed by atoms with Gasteiger partial charge < -0.3 is 19.7 Å². The van der Waals surface area contributed by atoms with Crippen LogP contribution >= 0.6 is 11.8 Å². The molecule has 40 heavy (non-hydrogen) atoms. The molecule has 3 aromatic carbocycles. The third-order valence-electron chi connectivity index (χ3n) is 6.61. The fourth-order valence-corrected chi connectivity index (χ4v) is 5.61. The van der Waals surface area contributed by atoms with Gasteiger partial charge in [-0.1, -0.05) is 72.4 Å². The Labute approximate surface area is 236 Å². The molecule has 0 unspecified atom stereocenters. The van der Waals surface area contributed by atoms with E-state index in [-0.39, 0.29) is 31.3 Å². The first-order valence-electron chi connectivity index (χ1n) is 12.7. The average molecular weight is 558 g/mol. The molecule has 204 valence electrons. The SMILES string of the molecule is COc1ccccc1[C@H]1C(C(=O)OCc2ccccc2)=C(C)N=C2SC=C(CC(=O)NCc3ccc(F)cc3)N21. The molecule has 9 heteroatoms. The Kier molecular flexibility index (Phi) is 8.31. The van der Waals surface area contributed by atoms with Crippen LogP contribution in [0, 0.1) is 5.82 Å². The molecule has 3 aromatic rings. The largest absolute Gasteiger partial charge is 0.496 e. The molecule has 2 aliphatic heterocycles. The number of carbonyl (C=O) groups is 2. The van der Waals surface area contributed by atoms with E-state index in [2.05, 4.69) is 5.32 Å². The lowest BCUT2D eigenvalue weighted by Crippen LogP contribution is -2.38. The number of halogens is 1. The molecule has 1 N–H and O–H groups in total. The number of amides is 1. The molecule has 1 atom stereocenters. The second kappa shape index (κ2) is 12.2. The van der Waals surface area contributed by atoms with Crippen molar-refractivity contribution in [2.45, 2.75) is 32.5 Å². The fourth-order valence-electron chi connectivity index (χ4n) is 4.65. The van der Waals surface area contributed by atoms with Crippen LogP contribution in [0.5, 0.6) is 5.75 Å². The Balaban J connectivity index is 1.41. The Morgan fingerprint density at radius 2 is 1.73 bits per heavy atom. The number of hydrogen-bond acceptors (Lipinski definition) is 7. The Bertz CT molecular complexity index is 1500. The van der Waals surface area contributed by atoms with Gasteiger partial charge in [0.2, 0.25) is 5.91 Å². The normalized spacial score (nSPS) is 16.2. The summed E-state index contributed by atoms with van der Waals surface area (Å²) >= 11 is 1.40. The highest BCUT2D eigenvalue weighted by molar-refractivity contribution is 8.16. The molecule has 2 heterocycles. The van der Waals surface area contributed by atoms with Gasteiger partial charge in [0.1, 0.15) is 18.2 Å². The lowest BCUT2D eigenvalue weighted by Gasteiger charge is -2.36. The minimum Gasteiger partial charge on any atom is -0.496 e. The number of aliphatic imine (C=N–C) groups is 1. The first-order chi connectivity index (χ1) is 19.4. The van der Waals surface area contributed by atoms with E-state index >= 15 is 0 Å². The molecule has 0 fully saturated rings. The topological polar surface area (TPSA) is 80.2 Å². The number of thioether (sulfide) groups is 1. The standard InChI is InChI=1S/C31H28FN3O4S/c1-20-28(30(37)39-18-22-8-4-3-5-9-22)29(25-10-6-7-11-26(25)38-2)35-24(19-40-31(35)34-20)16-27(36)33-17-21-12-14-23(32)15-13-21/h3-15,19,29H,16-18H2,1-2H3,(H,33,36)/t29-/m0/s1. The van der Waals surface area contributed by atoms with Gasteiger partial charge in [0.15, 0.2) is 5.17 Å². The minimum absolute atomic E-state index is 0.0598. The number of fused-ring (bicyclic) bond motifs is 1. The third kappa shape index (κ3) is 5.94. The molecule has 0 aromatic heterocycles. The van der Waals surface area contributed by atoms with Crippen molar-refractivity contribution >= 4 is 28.8 Å². The van der Waals surface area contributed by atoms with Gasteiger partial charge in [0.25, 0.3) is 0 Å². The molecule has 1 amide bonds. The predicted octanol–water partition coefficient (Wildman–Crippen LogP) is 5.86. The zero-order valence-electron chi connectivity index (χ0n) is 22.1. The molecule has 7 nitrogen and oxygen atoms in total. The minimum atomic E-state index is -0.613. The Morgan fingerprint density at radius 1 is 1.00 bits per heavy atom. The summed E-state index contributed by atoms with van der Waals surface area (Å²) in [6.07, 6.45) is 0.0598. The molecule has 0 radical (unpaired) electrons. The van der Waals surface area contributed by atoms with Gasteiger partial charge in [0.05, 0.1) is 30.8 Å². The van der Waals surface area contributed by atoms with E-state index in [4.69, 9.17) is 14.5 Å². The zero-order valence-corrected chi connectivity index (χ0v) is 22.9. The van der Waals surface area contributed by atoms with Crippen LogP contribution in [0.15, 0.2) is 106 Å². The number of ether oxygens (including phenoxy) is 2. The molecule has 2 aliphatic rings. The molecular formula is C31H28FN3O4S. The summed E-state index contributed by atoms with van der Waals surface area (Å²) in [7, 11) is 1.58. The average Bonchev–Trinajstić information content (AvgIpc) is 3.37. The highest BCUT2D eigenvalue weighted by Crippen LogP contribution is 2.46. The summed E-state index contributed by atoms with van der Waals surface area (Å²) in [5, 5.41) is 5.43. The van der Waals surface area contributed by atoms with Gasteiger partial charge in [-0.25, -0.2) is 14.2 Å². The summed E-state index contributed by atoms with van der Waals surface area (Å²) in [6.45, 7) is 2.18. The predicted molar refractivity (Wildman–Crippen MR) is 152 cm³/mol. The van der Waals surface area contributed by atoms with Crippen molar-refractivity contribution in [3.8, 4) is 5.75 Å². The maximum Gasteiger partial charge on any atom is 0.338 e. The molecule has 0 aliphatic carbocycles. The first kappa shape index (κ1) is 27.2. The molecule has 0 spiro atoms. The monoisotopic (exact) mass is 557 g/mol. The number of methoxy groups -OCH3 is 1. The molecule has 0 saturated carbocycles. The van der Waals surface area contributed by atoms with Gasteiger partial charge >= 0.3 is 5.97 Å². The summed E-state index contributed by atoms with van der Waals surface area (Å²) in [6, 6.07) is 22.3. The van der Waals surface area contributed by atoms with Crippen molar-refractivity contribution in [1.82, 2.24) is 10.2 Å². The smallest absolute Gasteiger partial charge is 0.338 e. The van der Waals surface area contributed by atoms with E-state index < -0.39 is 12.0 Å². The Morgan fingerprint density at radius 3 is 2.48 bits per heavy atom. The zero-order chi connectivity index (χ0) is 28.1. The number of amidine groups is 1. The first-order valence-corrected chi connectivity index (χ1v) is 13.6. The number of allylic oxidation sites excluding steroid dienone is 1. The van der Waals surface area contributed by atoms with Gasteiger partial charge in [-0.05, 0) is 41.7 Å². The van der Waals surface area contributed by atoms with E-state index in [0.29, 0.717) is 27.9 Å². The summed E-state index contributed by atoms with van der Waals surface area (Å²) in [5.41, 5.74) is 4.03. The van der Waals surface area contributed by atoms with Crippen LogP contribution in [0.25, 0.3) is 0 Å². The van der Waals surface area contributed by atoms with Crippen molar-refractivity contribution in [2.75, 3.05) is 7.11 Å². The van der Waals surface area contributed by atoms with Gasteiger partial charge in [-0.2, -0.15) is 0 Å². The molecule has 0 saturated heterocycles. The van der Waals surface area contributed by atoms with E-state index in [1.165, 1.54) is 23.9 Å². The van der Waals surface area contributed by atoms with Crippen LogP contribution in [0.3, 0.4) is 0 Å². The van der Waals surface area contributed by atoms with Crippen molar-refractivity contribution in [3.05, 3.63) is 124 Å². The van der Waals surface area contributed by atoms with E-state index in [1.807, 2.05) is 64.9 Å². The number of hydrogen-bond donors (Lipinski definition) is 1. The van der Waals surface area contributed by atoms with Crippen molar-refractivity contribution in [2.24, 2.45) is 4.99 Å². The van der Waals surface area contributed by atoms with Gasteiger partial charge in [-0.15, -0.1) is 0 Å². The number of rotatable bonds is 9. The lowest BCUT2D eigenvalue weighted by molar-refractivity contribution is -0.141. The highest BCUT2D eigenvalue weighted by atomic mass is 32.2. The number of carbonyl (C=O) groups excluding carboxylic acids is 2. The van der Waals surface area contributed by atoms with E-state index in [1.54, 1.807) is 26.2 Å². The van der Waals surface area contributed by atoms with Crippen molar-refractivity contribution in [1.29, 1.82) is 0 Å². The number of para-hydroxylation sites is 1. The molecule has 0 bridgehead atoms. The summed E-state index contributed by atoms with van der Waals surface area (Å²) in [5.74, 6) is -0.427. The van der Waals surface area contributed by atoms with E-state index in [9.17, 15) is 14.0 Å². The van der Waals surface area contributed by atoms with Crippen LogP contribution < -0.4 is 10.1 Å². The maximum absolute atomic E-state index is 13.6. The summed E-state index contributed by atoms with van der Waals surface area (Å²) < 4.78 is 24.7. The number of nitrogens with zero attached hydrogens (tertiary/aromatic N) is 2. The number of nitrogens with one attached hydrogen (secondary N) is 1. The van der Waals surface area contributed by atoms with Crippen LogP contribution in [-0.2, 0) is 27.5 Å². The lowest BCUT2D eigenvalue weighted by atomic mass is 9.93. The number of benzene rings is 3. The van der Waals surface area contributed by atoms with Crippen molar-refractivity contribution < 1.29 is 23.5 Å². The quantitative estimate of drug-likeness (QED) is 0.332.